The average Bonchev–Trinajstić information content (AvgIpc) is 2.30. The molecule has 0 atom stereocenters. The number of hydrogen-bond acceptors (Lipinski definition) is 2. The van der Waals surface area contributed by atoms with Crippen LogP contribution < -0.4 is 11.2 Å². The van der Waals surface area contributed by atoms with Gasteiger partial charge in [-0.3, -0.25) is 5.43 Å². The maximum Gasteiger partial charge on any atom is 0.184 e. The van der Waals surface area contributed by atoms with Gasteiger partial charge in [-0.1, -0.05) is 0 Å². The molecule has 0 saturated carbocycles. The number of halogens is 2. The monoisotopic (exact) mass is 317 g/mol. The van der Waals surface area contributed by atoms with Gasteiger partial charge in [-0.2, -0.15) is 5.10 Å². The van der Waals surface area contributed by atoms with Crippen LogP contribution in [0.4, 0.5) is 0 Å². The minimum absolute atomic E-state index is 0.137. The molecule has 0 heterocycles. The first-order chi connectivity index (χ1) is 8.77. The second-order valence-electron chi connectivity index (χ2n) is 4.36. The molecular formula is C13H17Cl2N3S. The van der Waals surface area contributed by atoms with E-state index in [4.69, 9.17) is 41.2 Å². The van der Waals surface area contributed by atoms with Crippen LogP contribution in [0.15, 0.2) is 5.10 Å². The third kappa shape index (κ3) is 3.59. The highest BCUT2D eigenvalue weighted by molar-refractivity contribution is 7.80. The lowest BCUT2D eigenvalue weighted by Crippen LogP contribution is -2.24. The van der Waals surface area contributed by atoms with Crippen LogP contribution in [0.5, 0.6) is 0 Å². The standard InChI is InChI=1S/C13H17Cl2N3S/c1-6-8(3)11(12(14)15)9(4)7(2)10(6)5-17-18-13(16)19/h5,12H,1-4H3,(H3,16,18,19). The van der Waals surface area contributed by atoms with Crippen LogP contribution in [0, 0.1) is 27.7 Å². The molecule has 0 aliphatic carbocycles. The van der Waals surface area contributed by atoms with Crippen molar-refractivity contribution in [3.63, 3.8) is 0 Å². The number of hydrogen-bond donors (Lipinski definition) is 2. The fourth-order valence-electron chi connectivity index (χ4n) is 2.05. The Morgan fingerprint density at radius 1 is 1.16 bits per heavy atom. The van der Waals surface area contributed by atoms with E-state index in [-0.39, 0.29) is 5.11 Å². The second kappa shape index (κ2) is 6.55. The molecule has 0 fully saturated rings. The van der Waals surface area contributed by atoms with Gasteiger partial charge in [-0.15, -0.1) is 23.2 Å². The van der Waals surface area contributed by atoms with E-state index < -0.39 is 4.84 Å². The summed E-state index contributed by atoms with van der Waals surface area (Å²) in [5.74, 6) is 0. The van der Waals surface area contributed by atoms with Gasteiger partial charge in [-0.05, 0) is 67.7 Å². The number of hydrazone groups is 1. The maximum atomic E-state index is 6.04. The topological polar surface area (TPSA) is 50.4 Å². The minimum atomic E-state index is -0.530. The summed E-state index contributed by atoms with van der Waals surface area (Å²) in [5.41, 5.74) is 14.2. The van der Waals surface area contributed by atoms with E-state index >= 15 is 0 Å². The lowest BCUT2D eigenvalue weighted by molar-refractivity contribution is 1.04. The highest BCUT2D eigenvalue weighted by Gasteiger charge is 2.17. The Labute approximate surface area is 129 Å². The second-order valence-corrected chi connectivity index (χ2v) is 5.90. The highest BCUT2D eigenvalue weighted by Crippen LogP contribution is 2.35. The molecule has 3 nitrogen and oxygen atoms in total. The number of rotatable bonds is 3. The van der Waals surface area contributed by atoms with E-state index in [1.807, 2.05) is 27.7 Å². The van der Waals surface area contributed by atoms with Crippen molar-refractivity contribution < 1.29 is 0 Å². The zero-order chi connectivity index (χ0) is 14.7. The van der Waals surface area contributed by atoms with E-state index in [1.165, 1.54) is 0 Å². The van der Waals surface area contributed by atoms with Crippen LogP contribution in [0.1, 0.15) is 38.2 Å². The lowest BCUT2D eigenvalue weighted by Gasteiger charge is -2.19. The van der Waals surface area contributed by atoms with Gasteiger partial charge in [0.2, 0.25) is 0 Å². The van der Waals surface area contributed by atoms with Gasteiger partial charge in [0, 0.05) is 5.56 Å². The van der Waals surface area contributed by atoms with Crippen molar-refractivity contribution in [3.8, 4) is 0 Å². The van der Waals surface area contributed by atoms with Gasteiger partial charge in [0.1, 0.15) is 4.84 Å². The summed E-state index contributed by atoms with van der Waals surface area (Å²) >= 11 is 16.8. The predicted octanol–water partition coefficient (Wildman–Crippen LogP) is 3.56. The van der Waals surface area contributed by atoms with Crippen molar-refractivity contribution in [2.45, 2.75) is 32.5 Å². The average molecular weight is 318 g/mol. The molecule has 0 aliphatic heterocycles. The van der Waals surface area contributed by atoms with Gasteiger partial charge >= 0.3 is 0 Å². The molecule has 0 spiro atoms. The quantitative estimate of drug-likeness (QED) is 0.388. The van der Waals surface area contributed by atoms with Gasteiger partial charge in [-0.25, -0.2) is 0 Å². The molecule has 0 bridgehead atoms. The first-order valence-electron chi connectivity index (χ1n) is 5.74. The third-order valence-electron chi connectivity index (χ3n) is 3.33. The molecule has 1 aromatic carbocycles. The summed E-state index contributed by atoms with van der Waals surface area (Å²) in [4.78, 5) is -0.530. The summed E-state index contributed by atoms with van der Waals surface area (Å²) in [5, 5.41) is 4.15. The summed E-state index contributed by atoms with van der Waals surface area (Å²) < 4.78 is 0. The van der Waals surface area contributed by atoms with Gasteiger partial charge in [0.25, 0.3) is 0 Å². The van der Waals surface area contributed by atoms with Crippen molar-refractivity contribution in [1.29, 1.82) is 0 Å². The molecule has 0 amide bonds. The summed E-state index contributed by atoms with van der Waals surface area (Å²) in [6.07, 6.45) is 1.71. The number of benzene rings is 1. The van der Waals surface area contributed by atoms with E-state index in [2.05, 4.69) is 10.5 Å². The van der Waals surface area contributed by atoms with Crippen molar-refractivity contribution in [3.05, 3.63) is 33.4 Å². The van der Waals surface area contributed by atoms with E-state index in [0.717, 1.165) is 33.4 Å². The minimum Gasteiger partial charge on any atom is -0.375 e. The molecule has 3 N–H and O–H groups in total. The van der Waals surface area contributed by atoms with Crippen molar-refractivity contribution in [2.75, 3.05) is 0 Å². The Balaban J connectivity index is 3.36. The number of nitrogens with zero attached hydrogens (tertiary/aromatic N) is 1. The Hall–Kier alpha value is -0.840. The van der Waals surface area contributed by atoms with Gasteiger partial charge in [0.15, 0.2) is 5.11 Å². The van der Waals surface area contributed by atoms with E-state index in [1.54, 1.807) is 6.21 Å². The Morgan fingerprint density at radius 2 is 1.63 bits per heavy atom. The zero-order valence-corrected chi connectivity index (χ0v) is 13.7. The molecule has 1 rings (SSSR count). The molecule has 104 valence electrons. The maximum absolute atomic E-state index is 6.04. The van der Waals surface area contributed by atoms with Crippen LogP contribution in [-0.2, 0) is 0 Å². The highest BCUT2D eigenvalue weighted by atomic mass is 35.5. The smallest absolute Gasteiger partial charge is 0.184 e. The number of nitrogens with one attached hydrogen (secondary N) is 1. The Kier molecular flexibility index (Phi) is 5.59. The van der Waals surface area contributed by atoms with Crippen LogP contribution >= 0.6 is 35.4 Å². The third-order valence-corrected chi connectivity index (χ3v) is 3.86. The molecule has 0 radical (unpaired) electrons. The predicted molar refractivity (Wildman–Crippen MR) is 87.4 cm³/mol. The molecule has 0 aliphatic rings. The van der Waals surface area contributed by atoms with Gasteiger partial charge < -0.3 is 5.73 Å². The Bertz CT molecular complexity index is 510. The Morgan fingerprint density at radius 3 is 2.00 bits per heavy atom. The largest absolute Gasteiger partial charge is 0.375 e. The molecule has 1 aromatic rings. The first kappa shape index (κ1) is 16.2. The van der Waals surface area contributed by atoms with Crippen LogP contribution in [0.25, 0.3) is 0 Å². The van der Waals surface area contributed by atoms with E-state index in [9.17, 15) is 0 Å². The molecular weight excluding hydrogens is 301 g/mol. The molecule has 6 heteroatoms. The van der Waals surface area contributed by atoms with Crippen LogP contribution in [-0.4, -0.2) is 11.3 Å². The summed E-state index contributed by atoms with van der Waals surface area (Å²) in [6.45, 7) is 8.05. The fourth-order valence-corrected chi connectivity index (χ4v) is 2.76. The SMILES string of the molecule is Cc1c(C)c(C(Cl)Cl)c(C)c(C)c1C=NNC(N)=S. The van der Waals surface area contributed by atoms with E-state index in [0.29, 0.717) is 0 Å². The lowest BCUT2D eigenvalue weighted by atomic mass is 9.90. The van der Waals surface area contributed by atoms with Crippen molar-refractivity contribution >= 4 is 46.7 Å². The number of alkyl halides is 2. The van der Waals surface area contributed by atoms with Crippen LogP contribution in [0.2, 0.25) is 0 Å². The summed E-state index contributed by atoms with van der Waals surface area (Å²) in [6, 6.07) is 0. The molecule has 0 saturated heterocycles. The normalized spacial score (nSPS) is 11.3. The fraction of sp³-hybridized carbons (Fsp3) is 0.385. The van der Waals surface area contributed by atoms with Crippen molar-refractivity contribution in [1.82, 2.24) is 5.43 Å². The first-order valence-corrected chi connectivity index (χ1v) is 7.02. The van der Waals surface area contributed by atoms with Crippen LogP contribution in [0.3, 0.4) is 0 Å². The molecule has 19 heavy (non-hydrogen) atoms. The van der Waals surface area contributed by atoms with Crippen molar-refractivity contribution in [2.24, 2.45) is 10.8 Å². The zero-order valence-electron chi connectivity index (χ0n) is 11.3. The number of nitrogens with two attached hydrogens (primary N) is 1. The van der Waals surface area contributed by atoms with Gasteiger partial charge in [0.05, 0.1) is 6.21 Å². The summed E-state index contributed by atoms with van der Waals surface area (Å²) in [7, 11) is 0. The number of thiocarbonyl (C=S) groups is 1. The molecule has 0 unspecified atom stereocenters. The molecule has 0 aromatic heterocycles.